The second kappa shape index (κ2) is 7.06. The van der Waals surface area contributed by atoms with Crippen molar-refractivity contribution in [1.82, 2.24) is 10.2 Å². The van der Waals surface area contributed by atoms with Gasteiger partial charge in [0.05, 0.1) is 11.8 Å². The number of thioether (sulfide) groups is 1. The molecular weight excluding hydrogens is 340 g/mol. The van der Waals surface area contributed by atoms with Crippen molar-refractivity contribution in [3.63, 3.8) is 0 Å². The maximum atomic E-state index is 12.1. The second-order valence-corrected chi connectivity index (χ2v) is 7.41. The third-order valence-corrected chi connectivity index (χ3v) is 5.54. The van der Waals surface area contributed by atoms with Crippen LogP contribution >= 0.6 is 35.6 Å². The molecule has 0 spiro atoms. The molecule has 1 saturated heterocycles. The molecule has 1 aromatic carbocycles. The molecule has 1 aromatic rings. The van der Waals surface area contributed by atoms with Crippen molar-refractivity contribution in [2.75, 3.05) is 25.4 Å². The van der Waals surface area contributed by atoms with E-state index in [0.29, 0.717) is 17.4 Å². The molecule has 118 valence electrons. The quantitative estimate of drug-likeness (QED) is 0.843. The van der Waals surface area contributed by atoms with Crippen LogP contribution in [-0.2, 0) is 4.79 Å². The lowest BCUT2D eigenvalue weighted by molar-refractivity contribution is -0.119. The number of hydrogen-bond acceptors (Lipinski definition) is 4. The highest BCUT2D eigenvalue weighted by Gasteiger charge is 2.26. The Labute approximate surface area is 144 Å². The Bertz CT molecular complexity index is 591. The molecule has 1 fully saturated rings. The Morgan fingerprint density at radius 1 is 1.45 bits per heavy atom. The highest BCUT2D eigenvalue weighted by atomic mass is 35.5. The van der Waals surface area contributed by atoms with E-state index >= 15 is 0 Å². The molecule has 3 rings (SSSR count). The van der Waals surface area contributed by atoms with Crippen LogP contribution < -0.4 is 10.1 Å². The fraction of sp³-hybridized carbons (Fsp3) is 0.467. The average molecular weight is 357 g/mol. The van der Waals surface area contributed by atoms with Crippen molar-refractivity contribution in [2.24, 2.45) is 0 Å². The topological polar surface area (TPSA) is 41.6 Å². The molecule has 4 nitrogen and oxygen atoms in total. The third kappa shape index (κ3) is 3.67. The van der Waals surface area contributed by atoms with Gasteiger partial charge >= 0.3 is 0 Å². The predicted octanol–water partition coefficient (Wildman–Crippen LogP) is 3.00. The average Bonchev–Trinajstić information content (AvgIpc) is 3.15. The van der Waals surface area contributed by atoms with Gasteiger partial charge < -0.3 is 15.0 Å². The number of fused-ring (bicyclic) bond motifs is 1. The van der Waals surface area contributed by atoms with Crippen LogP contribution in [-0.4, -0.2) is 40.6 Å². The van der Waals surface area contributed by atoms with E-state index in [1.807, 2.05) is 12.1 Å². The second-order valence-electron chi connectivity index (χ2n) is 5.36. The van der Waals surface area contributed by atoms with Gasteiger partial charge in [0, 0.05) is 23.7 Å². The number of ether oxygens (including phenoxy) is 1. The first-order chi connectivity index (χ1) is 10.6. The van der Waals surface area contributed by atoms with E-state index in [2.05, 4.69) is 10.2 Å². The fourth-order valence-electron chi connectivity index (χ4n) is 2.66. The number of hydrogen-bond donors (Lipinski definition) is 1. The van der Waals surface area contributed by atoms with Gasteiger partial charge in [-0.15, -0.1) is 0 Å². The Morgan fingerprint density at radius 2 is 2.23 bits per heavy atom. The standard InChI is InChI=1S/C15H17ClN2O2S2/c16-10-3-4-13-11(7-10)12(8-20-13)17-14(19)9-22-15(21)18-5-1-2-6-18/h3-4,7,12H,1-2,5-6,8-9H2,(H,17,19)/t12-/m1/s1. The number of nitrogens with one attached hydrogen (secondary N) is 1. The predicted molar refractivity (Wildman–Crippen MR) is 93.7 cm³/mol. The van der Waals surface area contributed by atoms with Crippen LogP contribution in [0.5, 0.6) is 5.75 Å². The van der Waals surface area contributed by atoms with Gasteiger partial charge in [0.2, 0.25) is 5.91 Å². The summed E-state index contributed by atoms with van der Waals surface area (Å²) in [7, 11) is 0. The largest absolute Gasteiger partial charge is 0.491 e. The minimum Gasteiger partial charge on any atom is -0.491 e. The first-order valence-electron chi connectivity index (χ1n) is 7.27. The van der Waals surface area contributed by atoms with Crippen LogP contribution in [0.15, 0.2) is 18.2 Å². The smallest absolute Gasteiger partial charge is 0.231 e. The van der Waals surface area contributed by atoms with Gasteiger partial charge in [-0.2, -0.15) is 0 Å². The molecule has 0 unspecified atom stereocenters. The van der Waals surface area contributed by atoms with Gasteiger partial charge in [0.1, 0.15) is 16.7 Å². The summed E-state index contributed by atoms with van der Waals surface area (Å²) in [5.74, 6) is 1.09. The van der Waals surface area contributed by atoms with Gasteiger partial charge in [0.15, 0.2) is 0 Å². The number of nitrogens with zero attached hydrogens (tertiary/aromatic N) is 1. The summed E-state index contributed by atoms with van der Waals surface area (Å²) < 4.78 is 6.38. The summed E-state index contributed by atoms with van der Waals surface area (Å²) in [5.41, 5.74) is 0.938. The van der Waals surface area contributed by atoms with E-state index in [-0.39, 0.29) is 11.9 Å². The van der Waals surface area contributed by atoms with Gasteiger partial charge in [-0.05, 0) is 31.0 Å². The van der Waals surface area contributed by atoms with Crippen molar-refractivity contribution >= 4 is 45.8 Å². The summed E-state index contributed by atoms with van der Waals surface area (Å²) in [5, 5.41) is 3.63. The number of halogens is 1. The summed E-state index contributed by atoms with van der Waals surface area (Å²) in [6, 6.07) is 5.33. The molecule has 1 N–H and O–H groups in total. The van der Waals surface area contributed by atoms with Gasteiger partial charge in [-0.25, -0.2) is 0 Å². The Kier molecular flexibility index (Phi) is 5.10. The van der Waals surface area contributed by atoms with Crippen molar-refractivity contribution in [3.05, 3.63) is 28.8 Å². The van der Waals surface area contributed by atoms with Gasteiger partial charge in [-0.1, -0.05) is 35.6 Å². The highest BCUT2D eigenvalue weighted by Crippen LogP contribution is 2.34. The lowest BCUT2D eigenvalue weighted by atomic mass is 10.1. The lowest BCUT2D eigenvalue weighted by Crippen LogP contribution is -2.32. The summed E-state index contributed by atoms with van der Waals surface area (Å²) in [4.78, 5) is 14.3. The zero-order chi connectivity index (χ0) is 15.5. The molecule has 0 saturated carbocycles. The normalized spacial score (nSPS) is 19.7. The van der Waals surface area contributed by atoms with Crippen LogP contribution in [0.3, 0.4) is 0 Å². The van der Waals surface area contributed by atoms with E-state index in [1.165, 1.54) is 24.6 Å². The van der Waals surface area contributed by atoms with E-state index in [9.17, 15) is 4.79 Å². The Morgan fingerprint density at radius 3 is 3.00 bits per heavy atom. The maximum Gasteiger partial charge on any atom is 0.231 e. The summed E-state index contributed by atoms with van der Waals surface area (Å²) >= 11 is 12.8. The Hall–Kier alpha value is -0.980. The number of rotatable bonds is 3. The van der Waals surface area contributed by atoms with Crippen molar-refractivity contribution in [2.45, 2.75) is 18.9 Å². The first kappa shape index (κ1) is 15.9. The number of carbonyl (C=O) groups excluding carboxylic acids is 1. The molecule has 7 heteroatoms. The Balaban J connectivity index is 1.51. The van der Waals surface area contributed by atoms with Crippen LogP contribution in [0, 0.1) is 0 Å². The monoisotopic (exact) mass is 356 g/mol. The lowest BCUT2D eigenvalue weighted by Gasteiger charge is -2.18. The zero-order valence-electron chi connectivity index (χ0n) is 12.0. The number of likely N-dealkylation sites (tertiary alicyclic amines) is 1. The number of benzene rings is 1. The molecule has 1 atom stereocenters. The molecule has 0 aromatic heterocycles. The highest BCUT2D eigenvalue weighted by molar-refractivity contribution is 8.23. The minimum absolute atomic E-state index is 0.0343. The molecular formula is C15H17ClN2O2S2. The summed E-state index contributed by atoms with van der Waals surface area (Å²) in [6.07, 6.45) is 2.37. The molecule has 1 amide bonds. The minimum atomic E-state index is -0.137. The van der Waals surface area contributed by atoms with Crippen LogP contribution in [0.25, 0.3) is 0 Å². The van der Waals surface area contributed by atoms with E-state index in [1.54, 1.807) is 6.07 Å². The van der Waals surface area contributed by atoms with Crippen LogP contribution in [0.1, 0.15) is 24.4 Å². The van der Waals surface area contributed by atoms with Crippen molar-refractivity contribution in [1.29, 1.82) is 0 Å². The number of amides is 1. The molecule has 2 heterocycles. The van der Waals surface area contributed by atoms with Gasteiger partial charge in [0.25, 0.3) is 0 Å². The molecule has 2 aliphatic rings. The molecule has 0 aliphatic carbocycles. The van der Waals surface area contributed by atoms with Gasteiger partial charge in [-0.3, -0.25) is 4.79 Å². The van der Waals surface area contributed by atoms with E-state index < -0.39 is 0 Å². The van der Waals surface area contributed by atoms with Crippen LogP contribution in [0.2, 0.25) is 5.02 Å². The van der Waals surface area contributed by atoms with Crippen molar-refractivity contribution in [3.8, 4) is 5.75 Å². The fourth-order valence-corrected chi connectivity index (χ4v) is 3.90. The molecule has 0 radical (unpaired) electrons. The van der Waals surface area contributed by atoms with E-state index in [4.69, 9.17) is 28.6 Å². The van der Waals surface area contributed by atoms with E-state index in [0.717, 1.165) is 28.7 Å². The third-order valence-electron chi connectivity index (χ3n) is 3.78. The molecule has 0 bridgehead atoms. The number of thiocarbonyl (C=S) groups is 1. The number of carbonyl (C=O) groups is 1. The summed E-state index contributed by atoms with van der Waals surface area (Å²) in [6.45, 7) is 2.47. The van der Waals surface area contributed by atoms with Crippen molar-refractivity contribution < 1.29 is 9.53 Å². The zero-order valence-corrected chi connectivity index (χ0v) is 14.4. The molecule has 2 aliphatic heterocycles. The first-order valence-corrected chi connectivity index (χ1v) is 9.04. The van der Waals surface area contributed by atoms with Crippen LogP contribution in [0.4, 0.5) is 0 Å². The maximum absolute atomic E-state index is 12.1. The SMILES string of the molecule is O=C(CSC(=S)N1CCCC1)N[C@@H]1COc2ccc(Cl)cc21. The molecule has 22 heavy (non-hydrogen) atoms.